The molecule has 0 saturated carbocycles. The number of carbonyl (C=O) groups is 2. The second-order valence-electron chi connectivity index (χ2n) is 8.22. The van der Waals surface area contributed by atoms with Gasteiger partial charge in [0.2, 0.25) is 0 Å². The van der Waals surface area contributed by atoms with Crippen LogP contribution >= 0.6 is 0 Å². The second-order valence-corrected chi connectivity index (χ2v) is 8.22. The number of esters is 1. The Hall–Kier alpha value is -3.65. The molecule has 3 aromatic carbocycles. The lowest BCUT2D eigenvalue weighted by Gasteiger charge is -2.24. The standard InChI is InChI=1S/C26H22F3NO4/c27-26(28,29)16-7-5-6-15(12-16)24(22(30)13-23(31)32)25(33)34-14-21-19-10-3-1-8-17(19)18-9-2-4-11-20(18)21/h1-12,21-22,24H,13-14,30H2,(H,31,32)/t22-,24+/m1/s1. The van der Waals surface area contributed by atoms with E-state index in [-0.39, 0.29) is 18.1 Å². The topological polar surface area (TPSA) is 89.6 Å². The summed E-state index contributed by atoms with van der Waals surface area (Å²) in [6.07, 6.45) is -5.23. The number of ether oxygens (including phenoxy) is 1. The number of aliphatic carboxylic acids is 1. The van der Waals surface area contributed by atoms with Crippen molar-refractivity contribution in [3.05, 3.63) is 95.1 Å². The summed E-state index contributed by atoms with van der Waals surface area (Å²) in [5, 5.41) is 9.15. The number of halogens is 3. The van der Waals surface area contributed by atoms with Crippen LogP contribution in [0.25, 0.3) is 11.1 Å². The maximum Gasteiger partial charge on any atom is 0.416 e. The van der Waals surface area contributed by atoms with Crippen LogP contribution in [0.3, 0.4) is 0 Å². The fourth-order valence-electron chi connectivity index (χ4n) is 4.48. The first kappa shape index (κ1) is 23.5. The van der Waals surface area contributed by atoms with Gasteiger partial charge >= 0.3 is 18.1 Å². The zero-order valence-electron chi connectivity index (χ0n) is 18.0. The number of benzene rings is 3. The molecular weight excluding hydrogens is 447 g/mol. The van der Waals surface area contributed by atoms with Gasteiger partial charge in [-0.15, -0.1) is 0 Å². The summed E-state index contributed by atoms with van der Waals surface area (Å²) < 4.78 is 45.3. The number of rotatable bonds is 7. The molecule has 0 radical (unpaired) electrons. The number of alkyl halides is 3. The van der Waals surface area contributed by atoms with Crippen LogP contribution < -0.4 is 5.73 Å². The van der Waals surface area contributed by atoms with Crippen molar-refractivity contribution in [3.63, 3.8) is 0 Å². The summed E-state index contributed by atoms with van der Waals surface area (Å²) in [4.78, 5) is 24.4. The Morgan fingerprint density at radius 1 is 0.941 bits per heavy atom. The highest BCUT2D eigenvalue weighted by atomic mass is 19.4. The molecule has 1 aliphatic carbocycles. The molecule has 5 nitrogen and oxygen atoms in total. The Morgan fingerprint density at radius 3 is 2.09 bits per heavy atom. The Morgan fingerprint density at radius 2 is 1.53 bits per heavy atom. The number of hydrogen-bond donors (Lipinski definition) is 2. The average molecular weight is 469 g/mol. The monoisotopic (exact) mass is 469 g/mol. The van der Waals surface area contributed by atoms with E-state index in [0.29, 0.717) is 0 Å². The first-order valence-corrected chi connectivity index (χ1v) is 10.7. The van der Waals surface area contributed by atoms with E-state index in [2.05, 4.69) is 0 Å². The highest BCUT2D eigenvalue weighted by Gasteiger charge is 2.36. The molecule has 3 N–H and O–H groups in total. The Bertz CT molecular complexity index is 1180. The van der Waals surface area contributed by atoms with Gasteiger partial charge in [-0.25, -0.2) is 0 Å². The number of fused-ring (bicyclic) bond motifs is 3. The molecule has 176 valence electrons. The van der Waals surface area contributed by atoms with Crippen molar-refractivity contribution in [2.45, 2.75) is 30.5 Å². The highest BCUT2D eigenvalue weighted by molar-refractivity contribution is 5.82. The van der Waals surface area contributed by atoms with Gasteiger partial charge in [0.15, 0.2) is 0 Å². The van der Waals surface area contributed by atoms with Gasteiger partial charge in [0.25, 0.3) is 0 Å². The van der Waals surface area contributed by atoms with Crippen LogP contribution in [0.15, 0.2) is 72.8 Å². The average Bonchev–Trinajstić information content (AvgIpc) is 3.11. The lowest BCUT2D eigenvalue weighted by molar-refractivity contribution is -0.147. The normalized spacial score (nSPS) is 14.7. The van der Waals surface area contributed by atoms with Gasteiger partial charge in [-0.1, -0.05) is 66.7 Å². The molecule has 3 aromatic rings. The van der Waals surface area contributed by atoms with Crippen molar-refractivity contribution in [1.82, 2.24) is 0 Å². The van der Waals surface area contributed by atoms with Crippen LogP contribution in [-0.2, 0) is 20.5 Å². The summed E-state index contributed by atoms with van der Waals surface area (Å²) in [6, 6.07) is 18.3. The van der Waals surface area contributed by atoms with Crippen molar-refractivity contribution < 1.29 is 32.6 Å². The third-order valence-corrected chi connectivity index (χ3v) is 6.02. The van der Waals surface area contributed by atoms with Crippen molar-refractivity contribution in [1.29, 1.82) is 0 Å². The van der Waals surface area contributed by atoms with Gasteiger partial charge in [0.05, 0.1) is 17.9 Å². The number of carbonyl (C=O) groups excluding carboxylic acids is 1. The maximum absolute atomic E-state index is 13.2. The molecule has 0 heterocycles. The molecule has 0 aromatic heterocycles. The molecular formula is C26H22F3NO4. The number of hydrogen-bond acceptors (Lipinski definition) is 4. The van der Waals surface area contributed by atoms with Crippen molar-refractivity contribution in [2.24, 2.45) is 5.73 Å². The molecule has 0 fully saturated rings. The molecule has 0 amide bonds. The summed E-state index contributed by atoms with van der Waals surface area (Å²) in [5.74, 6) is -3.76. The van der Waals surface area contributed by atoms with Crippen molar-refractivity contribution in [3.8, 4) is 11.1 Å². The van der Waals surface area contributed by atoms with Crippen molar-refractivity contribution >= 4 is 11.9 Å². The van der Waals surface area contributed by atoms with E-state index in [9.17, 15) is 22.8 Å². The summed E-state index contributed by atoms with van der Waals surface area (Å²) in [5.41, 5.74) is 8.99. The lowest BCUT2D eigenvalue weighted by atomic mass is 9.89. The Kier molecular flexibility index (Phi) is 6.43. The quantitative estimate of drug-likeness (QED) is 0.478. The molecule has 0 aliphatic heterocycles. The number of nitrogens with two attached hydrogens (primary N) is 1. The Balaban J connectivity index is 1.62. The molecule has 0 saturated heterocycles. The van der Waals surface area contributed by atoms with Gasteiger partial charge in [-0.2, -0.15) is 13.2 Å². The van der Waals surface area contributed by atoms with E-state index >= 15 is 0 Å². The molecule has 0 unspecified atom stereocenters. The van der Waals surface area contributed by atoms with E-state index in [0.717, 1.165) is 40.5 Å². The van der Waals surface area contributed by atoms with E-state index in [1.54, 1.807) is 0 Å². The fraction of sp³-hybridized carbons (Fsp3) is 0.231. The van der Waals surface area contributed by atoms with Gasteiger partial charge in [0.1, 0.15) is 6.61 Å². The Labute approximate surface area is 194 Å². The summed E-state index contributed by atoms with van der Waals surface area (Å²) in [6.45, 7) is -0.0535. The molecule has 34 heavy (non-hydrogen) atoms. The predicted octanol–water partition coefficient (Wildman–Crippen LogP) is 4.95. The molecule has 0 spiro atoms. The lowest BCUT2D eigenvalue weighted by Crippen LogP contribution is -2.37. The molecule has 8 heteroatoms. The first-order chi connectivity index (χ1) is 16.2. The van der Waals surface area contributed by atoms with Crippen LogP contribution in [0.4, 0.5) is 13.2 Å². The molecule has 4 rings (SSSR count). The second kappa shape index (κ2) is 9.30. The van der Waals surface area contributed by atoms with Crippen LogP contribution in [-0.4, -0.2) is 29.7 Å². The zero-order chi connectivity index (χ0) is 24.5. The van der Waals surface area contributed by atoms with E-state index in [1.807, 2.05) is 48.5 Å². The van der Waals surface area contributed by atoms with Gasteiger partial charge in [-0.05, 0) is 33.9 Å². The smallest absolute Gasteiger partial charge is 0.416 e. The van der Waals surface area contributed by atoms with Crippen molar-refractivity contribution in [2.75, 3.05) is 6.61 Å². The summed E-state index contributed by atoms with van der Waals surface area (Å²) >= 11 is 0. The van der Waals surface area contributed by atoms with Gasteiger partial charge in [-0.3, -0.25) is 9.59 Å². The first-order valence-electron chi connectivity index (χ1n) is 10.7. The largest absolute Gasteiger partial charge is 0.481 e. The van der Waals surface area contributed by atoms with E-state index < -0.39 is 42.1 Å². The van der Waals surface area contributed by atoms with E-state index in [1.165, 1.54) is 6.07 Å². The molecule has 0 bridgehead atoms. The summed E-state index contributed by atoms with van der Waals surface area (Å²) in [7, 11) is 0. The minimum atomic E-state index is -4.63. The van der Waals surface area contributed by atoms with Crippen LogP contribution in [0, 0.1) is 0 Å². The molecule has 1 aliphatic rings. The fourth-order valence-corrected chi connectivity index (χ4v) is 4.48. The predicted molar refractivity (Wildman–Crippen MR) is 119 cm³/mol. The van der Waals surface area contributed by atoms with Crippen LogP contribution in [0.1, 0.15) is 40.5 Å². The van der Waals surface area contributed by atoms with E-state index in [4.69, 9.17) is 15.6 Å². The van der Waals surface area contributed by atoms with Gasteiger partial charge in [0, 0.05) is 12.0 Å². The van der Waals surface area contributed by atoms with Crippen LogP contribution in [0.2, 0.25) is 0 Å². The zero-order valence-corrected chi connectivity index (χ0v) is 18.0. The van der Waals surface area contributed by atoms with Gasteiger partial charge < -0.3 is 15.6 Å². The highest BCUT2D eigenvalue weighted by Crippen LogP contribution is 2.44. The SMILES string of the molecule is N[C@H](CC(=O)O)[C@@H](C(=O)OCC1c2ccccc2-c2ccccc21)c1cccc(C(F)(F)F)c1. The molecule has 2 atom stereocenters. The third kappa shape index (κ3) is 4.68. The minimum absolute atomic E-state index is 0.0409. The number of carboxylic acids is 1. The third-order valence-electron chi connectivity index (χ3n) is 6.02. The number of carboxylic acid groups (broad SMARTS) is 1. The van der Waals surface area contributed by atoms with Crippen LogP contribution in [0.5, 0.6) is 0 Å². The minimum Gasteiger partial charge on any atom is -0.481 e. The maximum atomic E-state index is 13.2.